The molecule has 0 aliphatic carbocycles. The third kappa shape index (κ3) is 4.19. The van der Waals surface area contributed by atoms with E-state index in [1.165, 1.54) is 0 Å². The molecule has 0 saturated carbocycles. The highest BCUT2D eigenvalue weighted by atomic mass is 35.5. The number of halogens is 1. The molecule has 0 N–H and O–H groups in total. The Morgan fingerprint density at radius 2 is 1.90 bits per heavy atom. The first-order valence-electron chi connectivity index (χ1n) is 6.69. The van der Waals surface area contributed by atoms with Crippen molar-refractivity contribution < 1.29 is 0 Å². The molecule has 2 aromatic rings. The van der Waals surface area contributed by atoms with Crippen LogP contribution in [0, 0.1) is 0 Å². The zero-order valence-corrected chi connectivity index (χ0v) is 12.6. The molecule has 104 valence electrons. The van der Waals surface area contributed by atoms with Crippen molar-refractivity contribution in [2.75, 3.05) is 20.6 Å². The molecule has 0 spiro atoms. The largest absolute Gasteiger partial charge is 0.309 e. The highest BCUT2D eigenvalue weighted by Crippen LogP contribution is 2.23. The van der Waals surface area contributed by atoms with Gasteiger partial charge in [0.05, 0.1) is 5.69 Å². The number of nitrogens with zero attached hydrogens (tertiary/aromatic N) is 2. The predicted molar refractivity (Wildman–Crippen MR) is 85.9 cm³/mol. The van der Waals surface area contributed by atoms with E-state index in [0.717, 1.165) is 34.8 Å². The maximum atomic E-state index is 5.97. The second kappa shape index (κ2) is 7.22. The summed E-state index contributed by atoms with van der Waals surface area (Å²) >= 11 is 5.97. The van der Waals surface area contributed by atoms with Crippen LogP contribution in [0.2, 0.25) is 5.02 Å². The van der Waals surface area contributed by atoms with Gasteiger partial charge in [0, 0.05) is 23.3 Å². The molecule has 0 saturated heterocycles. The molecule has 0 bridgehead atoms. The second-order valence-corrected chi connectivity index (χ2v) is 5.37. The number of benzene rings is 1. The van der Waals surface area contributed by atoms with Gasteiger partial charge in [0.2, 0.25) is 0 Å². The van der Waals surface area contributed by atoms with Gasteiger partial charge in [-0.15, -0.1) is 0 Å². The highest BCUT2D eigenvalue weighted by Gasteiger charge is 2.05. The second-order valence-electron chi connectivity index (χ2n) is 4.93. The SMILES string of the molecule is CN(C)CC/C=C(\c1ccc(Cl)cc1)c1ccccn1. The van der Waals surface area contributed by atoms with Crippen molar-refractivity contribution in [3.8, 4) is 0 Å². The van der Waals surface area contributed by atoms with Gasteiger partial charge in [0.1, 0.15) is 0 Å². The first-order chi connectivity index (χ1) is 9.66. The predicted octanol–water partition coefficient (Wildman–Crippen LogP) is 4.12. The molecular formula is C17H19ClN2. The van der Waals surface area contributed by atoms with Crippen LogP contribution in [-0.2, 0) is 0 Å². The van der Waals surface area contributed by atoms with Crippen molar-refractivity contribution >= 4 is 17.2 Å². The summed E-state index contributed by atoms with van der Waals surface area (Å²) in [6.07, 6.45) is 5.05. The fourth-order valence-corrected chi connectivity index (χ4v) is 2.11. The fourth-order valence-electron chi connectivity index (χ4n) is 1.99. The minimum absolute atomic E-state index is 0.752. The third-order valence-electron chi connectivity index (χ3n) is 3.02. The van der Waals surface area contributed by atoms with E-state index in [0.29, 0.717) is 0 Å². The first kappa shape index (κ1) is 14.8. The summed E-state index contributed by atoms with van der Waals surface area (Å²) in [6, 6.07) is 13.9. The molecule has 20 heavy (non-hydrogen) atoms. The summed E-state index contributed by atoms with van der Waals surface area (Å²) in [5.74, 6) is 0. The van der Waals surface area contributed by atoms with E-state index in [1.807, 2.05) is 48.7 Å². The zero-order valence-electron chi connectivity index (χ0n) is 11.9. The number of aromatic nitrogens is 1. The molecular weight excluding hydrogens is 268 g/mol. The Hall–Kier alpha value is -1.64. The van der Waals surface area contributed by atoms with E-state index in [1.54, 1.807) is 0 Å². The number of rotatable bonds is 5. The van der Waals surface area contributed by atoms with Gasteiger partial charge in [-0.2, -0.15) is 0 Å². The molecule has 3 heteroatoms. The summed E-state index contributed by atoms with van der Waals surface area (Å²) in [5, 5.41) is 0.752. The van der Waals surface area contributed by atoms with Crippen molar-refractivity contribution in [1.82, 2.24) is 9.88 Å². The molecule has 0 fully saturated rings. The summed E-state index contributed by atoms with van der Waals surface area (Å²) in [4.78, 5) is 6.64. The number of hydrogen-bond acceptors (Lipinski definition) is 2. The lowest BCUT2D eigenvalue weighted by molar-refractivity contribution is 0.417. The van der Waals surface area contributed by atoms with Crippen LogP contribution in [0.15, 0.2) is 54.7 Å². The molecule has 0 aliphatic heterocycles. The molecule has 1 aromatic heterocycles. The van der Waals surface area contributed by atoms with Crippen LogP contribution in [0.25, 0.3) is 5.57 Å². The van der Waals surface area contributed by atoms with Crippen LogP contribution in [0.3, 0.4) is 0 Å². The van der Waals surface area contributed by atoms with Crippen LogP contribution in [0.4, 0.5) is 0 Å². The van der Waals surface area contributed by atoms with E-state index in [4.69, 9.17) is 11.6 Å². The first-order valence-corrected chi connectivity index (χ1v) is 7.07. The Balaban J connectivity index is 2.31. The Bertz CT molecular complexity index is 559. The number of hydrogen-bond donors (Lipinski definition) is 0. The topological polar surface area (TPSA) is 16.1 Å². The van der Waals surface area contributed by atoms with Crippen molar-refractivity contribution in [2.45, 2.75) is 6.42 Å². The maximum absolute atomic E-state index is 5.97. The molecule has 2 nitrogen and oxygen atoms in total. The summed E-state index contributed by atoms with van der Waals surface area (Å²) in [5.41, 5.74) is 3.30. The van der Waals surface area contributed by atoms with E-state index < -0.39 is 0 Å². The van der Waals surface area contributed by atoms with Gasteiger partial charge in [-0.3, -0.25) is 4.98 Å². The van der Waals surface area contributed by atoms with Crippen LogP contribution in [0.5, 0.6) is 0 Å². The van der Waals surface area contributed by atoms with Crippen molar-refractivity contribution in [3.05, 3.63) is 71.0 Å². The van der Waals surface area contributed by atoms with Gasteiger partial charge in [-0.1, -0.05) is 35.9 Å². The lowest BCUT2D eigenvalue weighted by Gasteiger charge is -2.10. The lowest BCUT2D eigenvalue weighted by atomic mass is 10.0. The van der Waals surface area contributed by atoms with Gasteiger partial charge in [-0.25, -0.2) is 0 Å². The molecule has 0 aliphatic rings. The van der Waals surface area contributed by atoms with Crippen LogP contribution >= 0.6 is 11.6 Å². The Labute approximate surface area is 125 Å². The minimum Gasteiger partial charge on any atom is -0.309 e. The quantitative estimate of drug-likeness (QED) is 0.822. The van der Waals surface area contributed by atoms with E-state index in [-0.39, 0.29) is 0 Å². The molecule has 0 radical (unpaired) electrons. The third-order valence-corrected chi connectivity index (χ3v) is 3.27. The van der Waals surface area contributed by atoms with Gasteiger partial charge >= 0.3 is 0 Å². The summed E-state index contributed by atoms with van der Waals surface area (Å²) < 4.78 is 0. The summed E-state index contributed by atoms with van der Waals surface area (Å²) in [7, 11) is 4.16. The fraction of sp³-hybridized carbons (Fsp3) is 0.235. The average molecular weight is 287 g/mol. The van der Waals surface area contributed by atoms with Crippen molar-refractivity contribution in [2.24, 2.45) is 0 Å². The Kier molecular flexibility index (Phi) is 5.33. The van der Waals surface area contributed by atoms with Crippen molar-refractivity contribution in [3.63, 3.8) is 0 Å². The van der Waals surface area contributed by atoms with Gasteiger partial charge in [-0.05, 0) is 50.3 Å². The molecule has 1 aromatic carbocycles. The van der Waals surface area contributed by atoms with Crippen molar-refractivity contribution in [1.29, 1.82) is 0 Å². The molecule has 0 atom stereocenters. The Morgan fingerprint density at radius 1 is 1.15 bits per heavy atom. The molecule has 0 unspecified atom stereocenters. The molecule has 0 amide bonds. The summed E-state index contributed by atoms with van der Waals surface area (Å²) in [6.45, 7) is 1.02. The zero-order chi connectivity index (χ0) is 14.4. The number of pyridine rings is 1. The van der Waals surface area contributed by atoms with Gasteiger partial charge in [0.15, 0.2) is 0 Å². The van der Waals surface area contributed by atoms with Crippen LogP contribution < -0.4 is 0 Å². The lowest BCUT2D eigenvalue weighted by Crippen LogP contribution is -2.12. The van der Waals surface area contributed by atoms with E-state index in [9.17, 15) is 0 Å². The van der Waals surface area contributed by atoms with E-state index in [2.05, 4.69) is 30.1 Å². The molecule has 2 rings (SSSR count). The monoisotopic (exact) mass is 286 g/mol. The Morgan fingerprint density at radius 3 is 2.50 bits per heavy atom. The van der Waals surface area contributed by atoms with Gasteiger partial charge < -0.3 is 4.90 Å². The molecule has 1 heterocycles. The standard InChI is InChI=1S/C17H19ClN2/c1-20(2)13-5-6-16(17-7-3-4-12-19-17)14-8-10-15(18)11-9-14/h3-4,6-12H,5,13H2,1-2H3/b16-6+. The average Bonchev–Trinajstić information content (AvgIpc) is 2.46. The minimum atomic E-state index is 0.752. The van der Waals surface area contributed by atoms with Gasteiger partial charge in [0.25, 0.3) is 0 Å². The van der Waals surface area contributed by atoms with E-state index >= 15 is 0 Å². The normalized spacial score (nSPS) is 11.9. The van der Waals surface area contributed by atoms with Crippen LogP contribution in [0.1, 0.15) is 17.7 Å². The van der Waals surface area contributed by atoms with Crippen LogP contribution in [-0.4, -0.2) is 30.5 Å². The smallest absolute Gasteiger partial charge is 0.0704 e. The maximum Gasteiger partial charge on any atom is 0.0704 e. The highest BCUT2D eigenvalue weighted by molar-refractivity contribution is 6.30.